The Balaban J connectivity index is 2.94. The minimum atomic E-state index is -3.76. The summed E-state index contributed by atoms with van der Waals surface area (Å²) in [6.07, 6.45) is 1.15. The maximum Gasteiger partial charge on any atom is 0.236 e. The second-order valence-corrected chi connectivity index (χ2v) is 8.26. The summed E-state index contributed by atoms with van der Waals surface area (Å²) in [6, 6.07) is 6.83. The van der Waals surface area contributed by atoms with Crippen LogP contribution >= 0.6 is 7.37 Å². The van der Waals surface area contributed by atoms with Gasteiger partial charge in [-0.15, -0.1) is 0 Å². The molecule has 0 amide bonds. The molecule has 114 valence electrons. The molecule has 0 aliphatic carbocycles. The number of aromatic hydroxyl groups is 2. The molecule has 5 heteroatoms. The number of hydrogen-bond acceptors (Lipinski definition) is 3. The maximum atomic E-state index is 12.7. The molecule has 3 N–H and O–H groups in total. The molecule has 0 spiro atoms. The third-order valence-electron chi connectivity index (χ3n) is 3.75. The summed E-state index contributed by atoms with van der Waals surface area (Å²) in [4.78, 5) is 10.4. The average molecular weight is 308 g/mol. The van der Waals surface area contributed by atoms with Gasteiger partial charge in [-0.3, -0.25) is 4.57 Å². The first-order valence-electron chi connectivity index (χ1n) is 7.10. The summed E-state index contributed by atoms with van der Waals surface area (Å²) in [6.45, 7) is 5.21. The Morgan fingerprint density at radius 3 is 2.10 bits per heavy atom. The van der Waals surface area contributed by atoms with Crippen molar-refractivity contribution in [3.8, 4) is 11.5 Å². The highest BCUT2D eigenvalue weighted by molar-refractivity contribution is 7.67. The van der Waals surface area contributed by atoms with Gasteiger partial charge in [-0.1, -0.05) is 51.5 Å². The Labute approximate surface area is 124 Å². The van der Waals surface area contributed by atoms with E-state index in [4.69, 9.17) is 0 Å². The van der Waals surface area contributed by atoms with Crippen molar-refractivity contribution in [2.24, 2.45) is 0 Å². The molecule has 0 aliphatic rings. The fourth-order valence-corrected chi connectivity index (χ4v) is 4.08. The van der Waals surface area contributed by atoms with Crippen LogP contribution in [-0.4, -0.2) is 20.8 Å². The van der Waals surface area contributed by atoms with Crippen LogP contribution in [0.3, 0.4) is 0 Å². The van der Waals surface area contributed by atoms with E-state index in [1.165, 1.54) is 0 Å². The molecule has 0 bridgehead atoms. The quantitative estimate of drug-likeness (QED) is 0.596. The largest absolute Gasteiger partial charge is 0.507 e. The molecule has 2 rings (SSSR count). The van der Waals surface area contributed by atoms with Crippen LogP contribution in [0.5, 0.6) is 11.5 Å². The normalized spacial score (nSPS) is 14.5. The summed E-state index contributed by atoms with van der Waals surface area (Å²) < 4.78 is 12.7. The Morgan fingerprint density at radius 1 is 1.10 bits per heavy atom. The van der Waals surface area contributed by atoms with Crippen LogP contribution < -0.4 is 5.30 Å². The van der Waals surface area contributed by atoms with E-state index in [-0.39, 0.29) is 16.8 Å². The van der Waals surface area contributed by atoms with Gasteiger partial charge in [-0.2, -0.15) is 0 Å². The van der Waals surface area contributed by atoms with Crippen molar-refractivity contribution in [1.29, 1.82) is 0 Å². The zero-order valence-electron chi connectivity index (χ0n) is 12.5. The van der Waals surface area contributed by atoms with Crippen molar-refractivity contribution < 1.29 is 19.7 Å². The number of hydrogen-bond donors (Lipinski definition) is 3. The van der Waals surface area contributed by atoms with E-state index in [1.807, 2.05) is 6.92 Å². The zero-order chi connectivity index (χ0) is 15.8. The van der Waals surface area contributed by atoms with E-state index < -0.39 is 13.0 Å². The summed E-state index contributed by atoms with van der Waals surface area (Å²) in [5.41, 5.74) is -0.146. The highest BCUT2D eigenvalue weighted by Gasteiger charge is 2.34. The van der Waals surface area contributed by atoms with Gasteiger partial charge in [0.15, 0.2) is 0 Å². The molecule has 0 fully saturated rings. The Morgan fingerprint density at radius 2 is 1.62 bits per heavy atom. The lowest BCUT2D eigenvalue weighted by atomic mass is 10.0. The van der Waals surface area contributed by atoms with Crippen molar-refractivity contribution in [3.63, 3.8) is 0 Å². The second kappa shape index (κ2) is 5.70. The molecule has 0 saturated carbocycles. The van der Waals surface area contributed by atoms with Crippen LogP contribution in [-0.2, 0) is 11.0 Å². The predicted octanol–water partition coefficient (Wildman–Crippen LogP) is 3.51. The smallest absolute Gasteiger partial charge is 0.236 e. The molecule has 0 aliphatic heterocycles. The second-order valence-electron chi connectivity index (χ2n) is 5.54. The van der Waals surface area contributed by atoms with Crippen LogP contribution in [0.15, 0.2) is 24.3 Å². The van der Waals surface area contributed by atoms with Crippen LogP contribution in [0.4, 0.5) is 0 Å². The molecule has 2 aromatic rings. The van der Waals surface area contributed by atoms with Crippen LogP contribution in [0, 0.1) is 0 Å². The predicted molar refractivity (Wildman–Crippen MR) is 85.9 cm³/mol. The molecule has 1 atom stereocenters. The Bertz CT molecular complexity index is 722. The van der Waals surface area contributed by atoms with Crippen LogP contribution in [0.25, 0.3) is 10.8 Å². The van der Waals surface area contributed by atoms with Gasteiger partial charge >= 0.3 is 0 Å². The van der Waals surface area contributed by atoms with Gasteiger partial charge in [0.2, 0.25) is 7.37 Å². The van der Waals surface area contributed by atoms with Gasteiger partial charge in [0.1, 0.15) is 11.5 Å². The lowest BCUT2D eigenvalue weighted by molar-refractivity contribution is 0.457. The van der Waals surface area contributed by atoms with Crippen molar-refractivity contribution in [2.75, 3.05) is 0 Å². The molecule has 0 aromatic heterocycles. The van der Waals surface area contributed by atoms with E-state index in [2.05, 4.69) is 0 Å². The van der Waals surface area contributed by atoms with Crippen LogP contribution in [0.2, 0.25) is 0 Å². The molecular formula is C16H21O4P. The van der Waals surface area contributed by atoms with E-state index in [0.717, 1.165) is 0 Å². The molecule has 0 saturated heterocycles. The summed E-state index contributed by atoms with van der Waals surface area (Å²) in [7, 11) is -3.76. The van der Waals surface area contributed by atoms with Crippen LogP contribution in [0.1, 0.15) is 32.8 Å². The fraction of sp³-hybridized carbons (Fsp3) is 0.375. The fourth-order valence-electron chi connectivity index (χ4n) is 2.53. The lowest BCUT2D eigenvalue weighted by Crippen LogP contribution is -2.18. The molecule has 2 aromatic carbocycles. The molecule has 0 heterocycles. The Kier molecular flexibility index (Phi) is 4.31. The number of benzene rings is 2. The maximum absolute atomic E-state index is 12.7. The van der Waals surface area contributed by atoms with Gasteiger partial charge in [0.05, 0.1) is 5.30 Å². The summed E-state index contributed by atoms with van der Waals surface area (Å²) in [5.74, 6) is -0.193. The van der Waals surface area contributed by atoms with Gasteiger partial charge in [0.25, 0.3) is 0 Å². The van der Waals surface area contributed by atoms with E-state index >= 15 is 0 Å². The first-order chi connectivity index (χ1) is 9.82. The standard InChI is InChI=1S/C16H21O4P/c1-4-7-13-14(17)11-8-5-6-9-12(11)15(18)16(13)21(19,20)10(2)3/h5-6,8-10,17-18H,4,7H2,1-3H3,(H,19,20). The van der Waals surface area contributed by atoms with Gasteiger partial charge in [0, 0.05) is 22.0 Å². The highest BCUT2D eigenvalue weighted by atomic mass is 31.2. The zero-order valence-corrected chi connectivity index (χ0v) is 13.4. The first kappa shape index (κ1) is 15.9. The van der Waals surface area contributed by atoms with Crippen molar-refractivity contribution >= 4 is 23.4 Å². The highest BCUT2D eigenvalue weighted by Crippen LogP contribution is 2.51. The molecular weight excluding hydrogens is 287 g/mol. The Hall–Kier alpha value is -1.51. The molecule has 21 heavy (non-hydrogen) atoms. The SMILES string of the molecule is CCCc1c(P(=O)(O)C(C)C)c(O)c2ccccc2c1O. The van der Waals surface area contributed by atoms with E-state index in [1.54, 1.807) is 38.1 Å². The van der Waals surface area contributed by atoms with Crippen molar-refractivity contribution in [2.45, 2.75) is 39.3 Å². The average Bonchev–Trinajstić information content (AvgIpc) is 2.44. The third kappa shape index (κ3) is 2.54. The van der Waals surface area contributed by atoms with Crippen molar-refractivity contribution in [1.82, 2.24) is 0 Å². The molecule has 1 unspecified atom stereocenters. The van der Waals surface area contributed by atoms with Gasteiger partial charge < -0.3 is 15.1 Å². The summed E-state index contributed by atoms with van der Waals surface area (Å²) >= 11 is 0. The minimum Gasteiger partial charge on any atom is -0.507 e. The number of phenolic OH excluding ortho intramolecular Hbond substituents is 2. The van der Waals surface area contributed by atoms with E-state index in [0.29, 0.717) is 29.2 Å². The monoisotopic (exact) mass is 308 g/mol. The molecule has 4 nitrogen and oxygen atoms in total. The van der Waals surface area contributed by atoms with Gasteiger partial charge in [-0.05, 0) is 6.42 Å². The van der Waals surface area contributed by atoms with Gasteiger partial charge in [-0.25, -0.2) is 0 Å². The van der Waals surface area contributed by atoms with Crippen molar-refractivity contribution in [3.05, 3.63) is 29.8 Å². The number of phenols is 2. The van der Waals surface area contributed by atoms with E-state index in [9.17, 15) is 19.7 Å². The molecule has 0 radical (unpaired) electrons. The third-order valence-corrected chi connectivity index (χ3v) is 6.28. The topological polar surface area (TPSA) is 77.8 Å². The number of fused-ring (bicyclic) bond motifs is 1. The first-order valence-corrected chi connectivity index (χ1v) is 8.83. The lowest BCUT2D eigenvalue weighted by Gasteiger charge is -2.22. The number of rotatable bonds is 4. The minimum absolute atomic E-state index is 0.00447. The summed E-state index contributed by atoms with van der Waals surface area (Å²) in [5, 5.41) is 21.9.